The highest BCUT2D eigenvalue weighted by Crippen LogP contribution is 2.23. The van der Waals surface area contributed by atoms with Crippen molar-refractivity contribution in [3.8, 4) is 5.75 Å². The quantitative estimate of drug-likeness (QED) is 0.814. The van der Waals surface area contributed by atoms with E-state index in [1.807, 2.05) is 6.92 Å². The predicted molar refractivity (Wildman–Crippen MR) is 87.1 cm³/mol. The molecule has 1 saturated carbocycles. The summed E-state index contributed by atoms with van der Waals surface area (Å²) < 4.78 is 10.5. The van der Waals surface area contributed by atoms with Crippen LogP contribution in [-0.4, -0.2) is 24.6 Å². The number of fused-ring (bicyclic) bond motifs is 1. The first-order chi connectivity index (χ1) is 11.5. The van der Waals surface area contributed by atoms with E-state index in [1.165, 1.54) is 6.07 Å². The highest BCUT2D eigenvalue weighted by atomic mass is 16.5. The van der Waals surface area contributed by atoms with Crippen molar-refractivity contribution in [2.24, 2.45) is 0 Å². The van der Waals surface area contributed by atoms with Gasteiger partial charge in [-0.2, -0.15) is 0 Å². The molecule has 1 aromatic carbocycles. The lowest BCUT2D eigenvalue weighted by molar-refractivity contribution is -0.122. The van der Waals surface area contributed by atoms with Gasteiger partial charge in [0.1, 0.15) is 11.3 Å². The number of carbonyl (C=O) groups excluding carboxylic acids is 2. The number of benzene rings is 1. The van der Waals surface area contributed by atoms with Crippen LogP contribution >= 0.6 is 0 Å². The molecule has 0 saturated heterocycles. The summed E-state index contributed by atoms with van der Waals surface area (Å²) in [6.45, 7) is 1.65. The van der Waals surface area contributed by atoms with E-state index in [0.29, 0.717) is 17.8 Å². The number of aryl methyl sites for hydroxylation is 1. The van der Waals surface area contributed by atoms with Crippen molar-refractivity contribution >= 4 is 22.9 Å². The summed E-state index contributed by atoms with van der Waals surface area (Å²) in [5.41, 5.74) is 0.872. The van der Waals surface area contributed by atoms with Gasteiger partial charge in [-0.3, -0.25) is 10.1 Å². The zero-order valence-corrected chi connectivity index (χ0v) is 13.3. The van der Waals surface area contributed by atoms with Gasteiger partial charge in [0.2, 0.25) is 0 Å². The number of urea groups is 1. The first-order valence-electron chi connectivity index (χ1n) is 7.85. The van der Waals surface area contributed by atoms with Gasteiger partial charge in [0, 0.05) is 23.6 Å². The summed E-state index contributed by atoms with van der Waals surface area (Å²) >= 11 is 0. The molecule has 2 aromatic rings. The monoisotopic (exact) mass is 330 g/mol. The highest BCUT2D eigenvalue weighted by molar-refractivity contribution is 5.95. The van der Waals surface area contributed by atoms with Gasteiger partial charge in [0.25, 0.3) is 5.91 Å². The molecule has 7 heteroatoms. The van der Waals surface area contributed by atoms with Crippen molar-refractivity contribution in [2.75, 3.05) is 6.61 Å². The van der Waals surface area contributed by atoms with E-state index in [1.54, 1.807) is 18.2 Å². The lowest BCUT2D eigenvalue weighted by Gasteiger charge is -2.09. The minimum absolute atomic E-state index is 0.176. The standard InChI is InChI=1S/C17H18N2O5/c1-2-10-7-16(21)24-14-8-12(5-6-13(10)14)23-9-15(20)19-17(22)18-11-3-4-11/h5-8,11H,2-4,9H2,1H3,(H2,18,19,20,22). The minimum atomic E-state index is -0.544. The van der Waals surface area contributed by atoms with E-state index >= 15 is 0 Å². The highest BCUT2D eigenvalue weighted by Gasteiger charge is 2.23. The van der Waals surface area contributed by atoms with Crippen LogP contribution in [0.5, 0.6) is 5.75 Å². The molecule has 3 rings (SSSR count). The number of imide groups is 1. The molecule has 0 atom stereocenters. The molecule has 0 bridgehead atoms. The molecule has 24 heavy (non-hydrogen) atoms. The number of amides is 3. The van der Waals surface area contributed by atoms with Gasteiger partial charge in [-0.25, -0.2) is 9.59 Å². The maximum absolute atomic E-state index is 11.7. The second-order valence-electron chi connectivity index (χ2n) is 5.69. The average molecular weight is 330 g/mol. The molecular formula is C17H18N2O5. The van der Waals surface area contributed by atoms with Crippen molar-refractivity contribution in [2.45, 2.75) is 32.2 Å². The number of hydrogen-bond acceptors (Lipinski definition) is 5. The van der Waals surface area contributed by atoms with E-state index in [-0.39, 0.29) is 12.6 Å². The molecule has 1 aliphatic rings. The first kappa shape index (κ1) is 16.0. The van der Waals surface area contributed by atoms with E-state index < -0.39 is 17.6 Å². The molecule has 7 nitrogen and oxygen atoms in total. The van der Waals surface area contributed by atoms with E-state index in [0.717, 1.165) is 23.8 Å². The second kappa shape index (κ2) is 6.74. The zero-order valence-electron chi connectivity index (χ0n) is 13.3. The van der Waals surface area contributed by atoms with Crippen LogP contribution in [0.1, 0.15) is 25.3 Å². The molecule has 3 amide bonds. The third-order valence-electron chi connectivity index (χ3n) is 3.72. The van der Waals surface area contributed by atoms with E-state index in [4.69, 9.17) is 9.15 Å². The third-order valence-corrected chi connectivity index (χ3v) is 3.72. The molecule has 1 fully saturated rings. The van der Waals surface area contributed by atoms with Crippen molar-refractivity contribution in [3.05, 3.63) is 40.2 Å². The van der Waals surface area contributed by atoms with Gasteiger partial charge in [-0.15, -0.1) is 0 Å². The molecule has 0 aliphatic heterocycles. The normalized spacial score (nSPS) is 13.5. The SMILES string of the molecule is CCc1cc(=O)oc2cc(OCC(=O)NC(=O)NC3CC3)ccc12. The van der Waals surface area contributed by atoms with Crippen LogP contribution in [0, 0.1) is 0 Å². The Morgan fingerprint density at radius 2 is 2.08 bits per heavy atom. The van der Waals surface area contributed by atoms with Crippen molar-refractivity contribution in [1.82, 2.24) is 10.6 Å². The van der Waals surface area contributed by atoms with Crippen LogP contribution in [0.2, 0.25) is 0 Å². The van der Waals surface area contributed by atoms with Gasteiger partial charge in [-0.1, -0.05) is 6.92 Å². The van der Waals surface area contributed by atoms with Gasteiger partial charge in [0.05, 0.1) is 0 Å². The Bertz CT molecular complexity index is 838. The predicted octanol–water partition coefficient (Wildman–Crippen LogP) is 1.72. The Labute approximate surface area is 138 Å². The summed E-state index contributed by atoms with van der Waals surface area (Å²) in [5.74, 6) is -0.159. The van der Waals surface area contributed by atoms with Crippen LogP contribution in [0.15, 0.2) is 33.5 Å². The zero-order chi connectivity index (χ0) is 17.1. The molecule has 0 spiro atoms. The number of ether oxygens (including phenoxy) is 1. The third kappa shape index (κ3) is 3.92. The Kier molecular flexibility index (Phi) is 4.50. The maximum atomic E-state index is 11.7. The number of nitrogens with one attached hydrogen (secondary N) is 2. The molecule has 126 valence electrons. The van der Waals surface area contributed by atoms with Gasteiger partial charge >= 0.3 is 11.7 Å². The lowest BCUT2D eigenvalue weighted by Crippen LogP contribution is -2.42. The van der Waals surface area contributed by atoms with Crippen LogP contribution in [0.3, 0.4) is 0 Å². The minimum Gasteiger partial charge on any atom is -0.484 e. The Morgan fingerprint density at radius 1 is 1.29 bits per heavy atom. The number of hydrogen-bond donors (Lipinski definition) is 2. The fourth-order valence-electron chi connectivity index (χ4n) is 2.35. The summed E-state index contributed by atoms with van der Waals surface area (Å²) in [6, 6.07) is 6.17. The first-order valence-corrected chi connectivity index (χ1v) is 7.85. The molecule has 0 radical (unpaired) electrons. The average Bonchev–Trinajstić information content (AvgIpc) is 3.35. The van der Waals surface area contributed by atoms with Crippen LogP contribution < -0.4 is 21.0 Å². The molecule has 1 aliphatic carbocycles. The second-order valence-corrected chi connectivity index (χ2v) is 5.69. The van der Waals surface area contributed by atoms with Crippen LogP contribution in [0.25, 0.3) is 11.0 Å². The van der Waals surface area contributed by atoms with Crippen LogP contribution in [0.4, 0.5) is 4.79 Å². The molecule has 2 N–H and O–H groups in total. The summed E-state index contributed by atoms with van der Waals surface area (Å²) in [7, 11) is 0. The fraction of sp³-hybridized carbons (Fsp3) is 0.353. The van der Waals surface area contributed by atoms with Crippen LogP contribution in [-0.2, 0) is 11.2 Å². The summed E-state index contributed by atoms with van der Waals surface area (Å²) in [5, 5.41) is 5.68. The van der Waals surface area contributed by atoms with Crippen molar-refractivity contribution in [3.63, 3.8) is 0 Å². The van der Waals surface area contributed by atoms with E-state index in [2.05, 4.69) is 10.6 Å². The van der Waals surface area contributed by atoms with E-state index in [9.17, 15) is 14.4 Å². The fourth-order valence-corrected chi connectivity index (χ4v) is 2.35. The summed E-state index contributed by atoms with van der Waals surface area (Å²) in [4.78, 5) is 34.7. The Hall–Kier alpha value is -2.83. The van der Waals surface area contributed by atoms with Crippen molar-refractivity contribution < 1.29 is 18.7 Å². The van der Waals surface area contributed by atoms with Gasteiger partial charge < -0.3 is 14.5 Å². The smallest absolute Gasteiger partial charge is 0.336 e. The maximum Gasteiger partial charge on any atom is 0.336 e. The molecule has 1 heterocycles. The lowest BCUT2D eigenvalue weighted by atomic mass is 10.1. The van der Waals surface area contributed by atoms with Gasteiger partial charge in [0.15, 0.2) is 6.61 Å². The molecular weight excluding hydrogens is 312 g/mol. The largest absolute Gasteiger partial charge is 0.484 e. The Balaban J connectivity index is 1.63. The Morgan fingerprint density at radius 3 is 2.79 bits per heavy atom. The number of rotatable bonds is 5. The van der Waals surface area contributed by atoms with Gasteiger partial charge in [-0.05, 0) is 37.0 Å². The topological polar surface area (TPSA) is 97.6 Å². The number of carbonyl (C=O) groups is 2. The van der Waals surface area contributed by atoms with Crippen molar-refractivity contribution in [1.29, 1.82) is 0 Å². The molecule has 0 unspecified atom stereocenters. The summed E-state index contributed by atoms with van der Waals surface area (Å²) in [6.07, 6.45) is 2.60. The molecule has 1 aromatic heterocycles.